The average Bonchev–Trinajstić information content (AvgIpc) is 1.53. The molecule has 0 saturated carbocycles. The van der Waals surface area contributed by atoms with Gasteiger partial charge in [-0.2, -0.15) is 0 Å². The van der Waals surface area contributed by atoms with Gasteiger partial charge in [0.1, 0.15) is 7.57 Å². The summed E-state index contributed by atoms with van der Waals surface area (Å²) in [6.45, 7) is 4.70. The molecule has 3 heterocycles. The van der Waals surface area contributed by atoms with Crippen molar-refractivity contribution >= 4 is 162 Å². The second kappa shape index (κ2) is 40.2. The summed E-state index contributed by atoms with van der Waals surface area (Å²) in [5.74, 6) is 0. The Bertz CT molecular complexity index is 8980. The first kappa shape index (κ1) is 92.3. The Labute approximate surface area is 870 Å². The Morgan fingerprint density at radius 3 is 1.24 bits per heavy atom. The fraction of sp³-hybridized carbons (Fsp3) is 0.0370. The summed E-state index contributed by atoms with van der Waals surface area (Å²) in [5, 5.41) is 9.84. The van der Waals surface area contributed by atoms with E-state index in [4.69, 9.17) is 9.97 Å². The molecule has 689 valence electrons. The molecule has 25 aromatic rings. The minimum atomic E-state index is -0.401. The molecule has 0 spiro atoms. The van der Waals surface area contributed by atoms with E-state index in [1.54, 1.807) is 0 Å². The fourth-order valence-corrected chi connectivity index (χ4v) is 23.3. The minimum absolute atomic E-state index is 0. The van der Waals surface area contributed by atoms with Crippen molar-refractivity contribution in [2.75, 3.05) is 16.2 Å². The Hall–Kier alpha value is -16.4. The first-order chi connectivity index (χ1) is 71.1. The Balaban J connectivity index is 0.000000118. The van der Waals surface area contributed by atoms with Gasteiger partial charge in [0.15, 0.2) is 0 Å². The van der Waals surface area contributed by atoms with Gasteiger partial charge in [-0.15, -0.1) is 19.8 Å². The minimum Gasteiger partial charge on any atom is -0.311 e. The molecule has 10 heteroatoms. The van der Waals surface area contributed by atoms with Gasteiger partial charge in [-0.1, -0.05) is 414 Å². The number of nitrogens with zero attached hydrogens (tertiary/aromatic N) is 5. The number of halogens is 1. The van der Waals surface area contributed by atoms with Gasteiger partial charge in [-0.3, -0.25) is 4.98 Å². The standard InChI is InChI=1S/C51H38N2.C43H31N.C40H24N2S.CH3BFP.Bi.2H/c1-51(2)47-19-11-9-17-43(47)44-31-30-42(34-48(44)51)52(40-26-21-36(22-27-40)35-13-5-3-6-14-35)41-28-23-37(24-29-41)38-25-32-50-46(33-38)45-18-10-12-20-49(45)53(50)39-15-7-4-8-16-39;1-4-14-32(15-5-1)33-24-28-37(29-25-33)44(36-18-8-3-9-19-36)38-30-26-35(27-31-38)43(34-16-6-2-7-17-34)41-22-12-10-20-39(41)40-21-11-13-23-42(40)43;1-3-17-33-30(14-1)31-15-2-4-18-34(31)39-38(33)41-24-36(42-39)28-13-8-11-26(23-28)25-10-7-12-27(22-25)29-19-9-20-35-32-16-5-6-21-37(32)43-40(29)35;2-4-1-3;;;/h3-34H,1-2H3;1-31H;1-24H;4H,1H2;;;. The van der Waals surface area contributed by atoms with Crippen molar-refractivity contribution in [3.05, 3.63) is 561 Å². The molecular weight excluding hydrogens is 1990 g/mol. The number of para-hydroxylation sites is 3. The largest absolute Gasteiger partial charge is 0.311 e. The van der Waals surface area contributed by atoms with Gasteiger partial charge in [0.25, 0.3) is 0 Å². The molecule has 0 amide bonds. The predicted molar refractivity (Wildman–Crippen MR) is 620 cm³/mol. The number of hydrogen-bond donors (Lipinski definition) is 0. The second-order valence-electron chi connectivity index (χ2n) is 37.3. The van der Waals surface area contributed by atoms with Crippen molar-refractivity contribution in [1.29, 1.82) is 0 Å². The fourth-order valence-electron chi connectivity index (χ4n) is 22.0. The summed E-state index contributed by atoms with van der Waals surface area (Å²) >= 11 is 1.87. The molecular formula is C135H98BBiFN5PS. The number of hydrogen-bond acceptors (Lipinski definition) is 5. The summed E-state index contributed by atoms with van der Waals surface area (Å²) in [4.78, 5) is 14.9. The van der Waals surface area contributed by atoms with Crippen LogP contribution in [0.15, 0.2) is 528 Å². The third-order valence-corrected chi connectivity index (χ3v) is 30.1. The summed E-state index contributed by atoms with van der Waals surface area (Å²) in [6.07, 6.45) is 1.54. The van der Waals surface area contributed by atoms with Crippen LogP contribution in [0, 0.1) is 0 Å². The van der Waals surface area contributed by atoms with Crippen LogP contribution >= 0.6 is 19.8 Å². The van der Waals surface area contributed by atoms with Gasteiger partial charge in [0.2, 0.25) is 0 Å². The molecule has 145 heavy (non-hydrogen) atoms. The molecule has 0 saturated heterocycles. The zero-order valence-electron chi connectivity index (χ0n) is 80.1. The molecule has 2 aliphatic rings. The molecule has 0 bridgehead atoms. The Morgan fingerprint density at radius 2 is 0.655 bits per heavy atom. The monoisotopic (exact) mass is 2090 g/mol. The number of alkyl halides is 1. The molecule has 0 aliphatic heterocycles. The molecule has 5 nitrogen and oxygen atoms in total. The van der Waals surface area contributed by atoms with E-state index in [1.807, 2.05) is 17.5 Å². The number of aromatic nitrogens is 3. The molecule has 22 aromatic carbocycles. The van der Waals surface area contributed by atoms with Crippen LogP contribution in [0.2, 0.25) is 0 Å². The maximum Gasteiger partial charge on any atom is 0.0979 e. The van der Waals surface area contributed by atoms with Crippen LogP contribution in [0.4, 0.5) is 38.5 Å². The van der Waals surface area contributed by atoms with Crippen LogP contribution in [0.25, 0.3) is 169 Å². The predicted octanol–water partition coefficient (Wildman–Crippen LogP) is 36.1. The maximum absolute atomic E-state index is 10.6. The molecule has 0 N–H and O–H groups in total. The van der Waals surface area contributed by atoms with Crippen molar-refractivity contribution in [2.24, 2.45) is 0 Å². The van der Waals surface area contributed by atoms with Crippen LogP contribution in [0.3, 0.4) is 0 Å². The van der Waals surface area contributed by atoms with E-state index in [9.17, 15) is 4.39 Å². The number of benzene rings is 22. The van der Waals surface area contributed by atoms with E-state index < -0.39 is 5.41 Å². The van der Waals surface area contributed by atoms with Gasteiger partial charge in [0.05, 0.1) is 45.8 Å². The normalized spacial score (nSPS) is 12.3. The molecule has 3 radical (unpaired) electrons. The topological polar surface area (TPSA) is 37.2 Å². The maximum atomic E-state index is 10.6. The third kappa shape index (κ3) is 17.2. The van der Waals surface area contributed by atoms with E-state index >= 15 is 0 Å². The quantitative estimate of drug-likeness (QED) is 0.0549. The summed E-state index contributed by atoms with van der Waals surface area (Å²) in [6, 6.07) is 189. The van der Waals surface area contributed by atoms with Crippen LogP contribution < -0.4 is 9.80 Å². The van der Waals surface area contributed by atoms with Gasteiger partial charge >= 0.3 is 26.2 Å². The van der Waals surface area contributed by atoms with Gasteiger partial charge in [-0.05, 0) is 243 Å². The average molecular weight is 2090 g/mol. The van der Waals surface area contributed by atoms with Gasteiger partial charge in [0, 0.05) is 92.5 Å². The summed E-state index contributed by atoms with van der Waals surface area (Å²) in [5.41, 5.74) is 39.0. The molecule has 1 unspecified atom stereocenters. The second-order valence-corrected chi connectivity index (χ2v) is 39.0. The SMILES string of the molecule is CC1(C)c2ccccc2-c2ccc(N(c3ccc(-c4ccccc4)cc3)c3ccc(-c4ccc5c(c4)c4ccccc4n5-c4ccccc4)cc3)cc21.[B]PCF.[BiH2].c1cc(-c2cccc(-c3cccc4c3sc3ccccc34)c2)cc(-c2cnc3c4ccccc4c4ccccc4c3n2)c1.c1ccc(-c2ccc(N(c3ccccc3)c3ccc(C4(c5ccccc5)c5ccccc5-c5ccccc54)cc3)cc2)cc1. The summed E-state index contributed by atoms with van der Waals surface area (Å²) < 4.78 is 15.6. The van der Waals surface area contributed by atoms with Crippen molar-refractivity contribution < 1.29 is 4.39 Å². The Kier molecular flexibility index (Phi) is 25.6. The zero-order chi connectivity index (χ0) is 96.6. The number of thiophene rings is 1. The van der Waals surface area contributed by atoms with E-state index in [2.05, 4.69) is 557 Å². The van der Waals surface area contributed by atoms with Crippen LogP contribution in [-0.2, 0) is 10.8 Å². The van der Waals surface area contributed by atoms with Crippen molar-refractivity contribution in [1.82, 2.24) is 14.5 Å². The van der Waals surface area contributed by atoms with E-state index in [-0.39, 0.29) is 46.5 Å². The van der Waals surface area contributed by atoms with Gasteiger partial charge in [-0.25, -0.2) is 9.37 Å². The van der Waals surface area contributed by atoms with E-state index in [0.717, 1.165) is 72.8 Å². The van der Waals surface area contributed by atoms with Crippen molar-refractivity contribution in [3.8, 4) is 94.8 Å². The van der Waals surface area contributed by atoms with Crippen LogP contribution in [-0.4, -0.2) is 54.7 Å². The van der Waals surface area contributed by atoms with Gasteiger partial charge < -0.3 is 14.4 Å². The number of anilines is 6. The molecule has 27 rings (SSSR count). The molecule has 0 fully saturated rings. The summed E-state index contributed by atoms with van der Waals surface area (Å²) in [7, 11) is 4.65. The van der Waals surface area contributed by atoms with Crippen molar-refractivity contribution in [3.63, 3.8) is 0 Å². The molecule has 1 atom stereocenters. The molecule has 2 aliphatic carbocycles. The number of fused-ring (bicyclic) bond motifs is 18. The Morgan fingerprint density at radius 1 is 0.283 bits per heavy atom. The third-order valence-electron chi connectivity index (χ3n) is 28.7. The van der Waals surface area contributed by atoms with Crippen LogP contribution in [0.5, 0.6) is 0 Å². The molecule has 3 aromatic heterocycles. The zero-order valence-corrected chi connectivity index (χ0v) is 86.4. The van der Waals surface area contributed by atoms with Crippen molar-refractivity contribution in [2.45, 2.75) is 24.7 Å². The first-order valence-corrected chi connectivity index (χ1v) is 51.1. The number of rotatable bonds is 16. The smallest absolute Gasteiger partial charge is 0.0979 e. The van der Waals surface area contributed by atoms with Crippen LogP contribution in [0.1, 0.15) is 47.2 Å². The van der Waals surface area contributed by atoms with E-state index in [1.165, 1.54) is 164 Å². The van der Waals surface area contributed by atoms with E-state index in [0.29, 0.717) is 0 Å². The first-order valence-electron chi connectivity index (χ1n) is 49.0.